The highest BCUT2D eigenvalue weighted by molar-refractivity contribution is 5.67. The summed E-state index contributed by atoms with van der Waals surface area (Å²) in [5, 5.41) is 65.7. The number of hydrogen-bond acceptors (Lipinski definition) is 20. The van der Waals surface area contributed by atoms with Gasteiger partial charge in [0.2, 0.25) is 0 Å². The van der Waals surface area contributed by atoms with Crippen LogP contribution in [-0.2, 0) is 66.5 Å². The molecule has 4 heterocycles. The number of esters is 3. The lowest BCUT2D eigenvalue weighted by Gasteiger charge is -2.50. The molecule has 0 aliphatic carbocycles. The summed E-state index contributed by atoms with van der Waals surface area (Å²) in [6, 6.07) is 0. The van der Waals surface area contributed by atoms with Gasteiger partial charge in [-0.1, -0.05) is 64.7 Å². The van der Waals surface area contributed by atoms with Crippen LogP contribution in [0.1, 0.15) is 120 Å². The van der Waals surface area contributed by atoms with Gasteiger partial charge in [-0.2, -0.15) is 0 Å². The maximum absolute atomic E-state index is 12.6. The molecule has 4 aliphatic heterocycles. The molecule has 4 aliphatic rings. The minimum Gasteiger partial charge on any atom is -0.457 e. The Balaban J connectivity index is 1.48. The van der Waals surface area contributed by atoms with Gasteiger partial charge in [0, 0.05) is 27.4 Å². The molecule has 0 aromatic rings. The van der Waals surface area contributed by atoms with Gasteiger partial charge in [0.15, 0.2) is 43.5 Å². The van der Waals surface area contributed by atoms with E-state index in [4.69, 9.17) is 52.1 Å². The zero-order valence-electron chi connectivity index (χ0n) is 37.2. The predicted molar refractivity (Wildman–Crippen MR) is 212 cm³/mol. The Kier molecular flexibility index (Phi) is 21.1. The highest BCUT2D eigenvalue weighted by Gasteiger charge is 2.57. The normalized spacial score (nSPS) is 41.3. The van der Waals surface area contributed by atoms with Crippen LogP contribution in [0.2, 0.25) is 0 Å². The fraction of sp³-hybridized carbons (Fsp3) is 0.929. The third-order valence-corrected chi connectivity index (χ3v) is 11.6. The summed E-state index contributed by atoms with van der Waals surface area (Å²) in [7, 11) is 0. The van der Waals surface area contributed by atoms with E-state index in [9.17, 15) is 45.0 Å². The van der Waals surface area contributed by atoms with Crippen LogP contribution in [0.3, 0.4) is 0 Å². The second kappa shape index (κ2) is 24.9. The average molecular weight is 897 g/mol. The van der Waals surface area contributed by atoms with E-state index in [0.29, 0.717) is 6.61 Å². The minimum absolute atomic E-state index is 0.309. The lowest BCUT2D eigenvalue weighted by molar-refractivity contribution is -0.385. The Morgan fingerprint density at radius 1 is 0.403 bits per heavy atom. The topological polar surface area (TPSA) is 274 Å². The lowest BCUT2D eigenvalue weighted by atomic mass is 9.95. The van der Waals surface area contributed by atoms with Crippen LogP contribution in [0.4, 0.5) is 0 Å². The van der Waals surface area contributed by atoms with Gasteiger partial charge in [0.05, 0.1) is 24.4 Å². The van der Waals surface area contributed by atoms with Crippen molar-refractivity contribution in [1.82, 2.24) is 0 Å². The molecule has 0 radical (unpaired) electrons. The van der Waals surface area contributed by atoms with Crippen molar-refractivity contribution < 1.29 is 97.1 Å². The van der Waals surface area contributed by atoms with Gasteiger partial charge in [0.1, 0.15) is 54.9 Å². The summed E-state index contributed by atoms with van der Waals surface area (Å²) in [6.45, 7) is 11.8. The second-order valence-corrected chi connectivity index (χ2v) is 16.9. The van der Waals surface area contributed by atoms with E-state index < -0.39 is 141 Å². The van der Waals surface area contributed by atoms with Gasteiger partial charge in [-0.15, -0.1) is 0 Å². The van der Waals surface area contributed by atoms with E-state index in [-0.39, 0.29) is 0 Å². The van der Waals surface area contributed by atoms with Crippen LogP contribution in [-0.4, -0.2) is 178 Å². The Labute approximate surface area is 363 Å². The number of ether oxygens (including phenoxy) is 11. The number of aliphatic hydroxyl groups excluding tert-OH is 6. The number of aliphatic hydroxyl groups is 6. The number of carbonyl (C=O) groups excluding carboxylic acids is 3. The van der Waals surface area contributed by atoms with Gasteiger partial charge >= 0.3 is 17.9 Å². The molecule has 20 atom stereocenters. The third kappa shape index (κ3) is 14.2. The molecule has 62 heavy (non-hydrogen) atoms. The zero-order valence-corrected chi connectivity index (χ0v) is 37.2. The Hall–Kier alpha value is -2.15. The Morgan fingerprint density at radius 2 is 0.806 bits per heavy atom. The minimum atomic E-state index is -1.82. The van der Waals surface area contributed by atoms with Crippen molar-refractivity contribution >= 4 is 17.9 Å². The molecule has 4 rings (SSSR count). The van der Waals surface area contributed by atoms with E-state index in [1.807, 2.05) is 0 Å². The van der Waals surface area contributed by atoms with Gasteiger partial charge in [-0.3, -0.25) is 14.4 Å². The third-order valence-electron chi connectivity index (χ3n) is 11.6. The first-order valence-corrected chi connectivity index (χ1v) is 22.2. The number of carbonyl (C=O) groups is 3. The van der Waals surface area contributed by atoms with Crippen LogP contribution < -0.4 is 0 Å². The molecule has 0 aromatic carbocycles. The zero-order chi connectivity index (χ0) is 45.8. The maximum Gasteiger partial charge on any atom is 0.303 e. The predicted octanol–water partition coefficient (Wildman–Crippen LogP) is 1.02. The molecule has 6 N–H and O–H groups in total. The van der Waals surface area contributed by atoms with Crippen molar-refractivity contribution in [2.45, 2.75) is 242 Å². The summed E-state index contributed by atoms with van der Waals surface area (Å²) >= 11 is 0. The van der Waals surface area contributed by atoms with Crippen LogP contribution in [0.15, 0.2) is 0 Å². The first-order chi connectivity index (χ1) is 29.4. The quantitative estimate of drug-likeness (QED) is 0.0533. The van der Waals surface area contributed by atoms with Crippen molar-refractivity contribution in [3.63, 3.8) is 0 Å². The highest BCUT2D eigenvalue weighted by Crippen LogP contribution is 2.37. The van der Waals surface area contributed by atoms with Gasteiger partial charge in [-0.05, 0) is 34.1 Å². The molecule has 0 amide bonds. The first kappa shape index (κ1) is 52.5. The Morgan fingerprint density at radius 3 is 1.37 bits per heavy atom. The summed E-state index contributed by atoms with van der Waals surface area (Å²) in [5.74, 6) is -2.43. The monoisotopic (exact) mass is 896 g/mol. The fourth-order valence-electron chi connectivity index (χ4n) is 8.23. The summed E-state index contributed by atoms with van der Waals surface area (Å²) in [5.41, 5.74) is 0. The molecule has 0 aromatic heterocycles. The molecular weight excluding hydrogens is 824 g/mol. The first-order valence-electron chi connectivity index (χ1n) is 22.2. The van der Waals surface area contributed by atoms with Crippen molar-refractivity contribution in [3.8, 4) is 0 Å². The van der Waals surface area contributed by atoms with Gasteiger partial charge < -0.3 is 82.7 Å². The summed E-state index contributed by atoms with van der Waals surface area (Å²) in [6.07, 6.45) is -17.3. The van der Waals surface area contributed by atoms with Gasteiger partial charge in [0.25, 0.3) is 0 Å². The van der Waals surface area contributed by atoms with Crippen molar-refractivity contribution in [2.75, 3.05) is 6.61 Å². The highest BCUT2D eigenvalue weighted by atomic mass is 16.8. The molecule has 4 fully saturated rings. The standard InChI is InChI=1S/C42H72O20/c1-9-10-11-12-13-14-15-16-17-18-19-52-39-31(50)29(48)33(21(3)54-39)60-41-32(51)36(34(22(4)55-41)57-24(6)43)61-42-38(59-26(8)45)37(35(23(5)56-42)58-25(7)44)62-40-30(49)28(47)27(46)20(2)53-40/h20-23,27-42,46-51H,9-19H2,1-8H3/t20-,21+,22+,23-,27-,28-,29-,30-,31+,32+,33-,34+,35+,36+,37-,38-,39-,40+,41-,42-/m1/s1. The SMILES string of the molecule is CCCCCCCCCCCCO[C@@H]1O[C@@H](C)[C@@H](O[C@H]2O[C@@H](C)[C@H](OC(C)=O)[C@@H](O[C@H]3O[C@H](C)[C@H](OC(C)=O)[C@@H](O[C@@H]4O[C@H](C)[C@@H](O)[C@@H](O)[C@H]4O)[C@H]3OC(C)=O)[C@@H]2O)[C@H](O)[C@@H]1O. The van der Waals surface area contributed by atoms with Crippen LogP contribution in [0, 0.1) is 0 Å². The van der Waals surface area contributed by atoms with E-state index in [1.165, 1.54) is 59.3 Å². The largest absolute Gasteiger partial charge is 0.457 e. The molecule has 360 valence electrons. The number of unbranched alkanes of at least 4 members (excludes halogenated alkanes) is 9. The van der Waals surface area contributed by atoms with E-state index in [2.05, 4.69) is 6.92 Å². The molecule has 0 unspecified atom stereocenters. The summed E-state index contributed by atoms with van der Waals surface area (Å²) in [4.78, 5) is 37.2. The van der Waals surface area contributed by atoms with Crippen LogP contribution in [0.5, 0.6) is 0 Å². The molecule has 4 saturated heterocycles. The van der Waals surface area contributed by atoms with Crippen molar-refractivity contribution in [1.29, 1.82) is 0 Å². The van der Waals surface area contributed by atoms with Gasteiger partial charge in [-0.25, -0.2) is 0 Å². The molecule has 20 nitrogen and oxygen atoms in total. The summed E-state index contributed by atoms with van der Waals surface area (Å²) < 4.78 is 64.6. The van der Waals surface area contributed by atoms with Crippen LogP contribution >= 0.6 is 0 Å². The molecule has 0 saturated carbocycles. The van der Waals surface area contributed by atoms with E-state index in [1.54, 1.807) is 6.92 Å². The Bertz CT molecular complexity index is 1370. The van der Waals surface area contributed by atoms with Crippen LogP contribution in [0.25, 0.3) is 0 Å². The molecule has 20 heteroatoms. The second-order valence-electron chi connectivity index (χ2n) is 16.9. The number of rotatable bonds is 21. The molecular formula is C42H72O20. The number of hydrogen-bond donors (Lipinski definition) is 6. The van der Waals surface area contributed by atoms with E-state index in [0.717, 1.165) is 46.5 Å². The smallest absolute Gasteiger partial charge is 0.303 e. The van der Waals surface area contributed by atoms with E-state index >= 15 is 0 Å². The lowest BCUT2D eigenvalue weighted by Crippen LogP contribution is -2.67. The van der Waals surface area contributed by atoms with Crippen molar-refractivity contribution in [2.24, 2.45) is 0 Å². The average Bonchev–Trinajstić information content (AvgIpc) is 3.20. The maximum atomic E-state index is 12.6. The molecule has 0 bridgehead atoms. The molecule has 0 spiro atoms. The van der Waals surface area contributed by atoms with Crippen molar-refractivity contribution in [3.05, 3.63) is 0 Å². The fourth-order valence-corrected chi connectivity index (χ4v) is 8.23.